The van der Waals surface area contributed by atoms with Crippen molar-refractivity contribution in [1.82, 2.24) is 10.1 Å². The summed E-state index contributed by atoms with van der Waals surface area (Å²) < 4.78 is 27.3. The van der Waals surface area contributed by atoms with Crippen LogP contribution in [-0.4, -0.2) is 38.2 Å². The van der Waals surface area contributed by atoms with Gasteiger partial charge < -0.3 is 5.11 Å². The molecule has 0 aliphatic carbocycles. The van der Waals surface area contributed by atoms with Crippen LogP contribution in [0.3, 0.4) is 0 Å². The van der Waals surface area contributed by atoms with E-state index in [9.17, 15) is 18.0 Å². The number of carboxylic acid groups (broad SMARTS) is 1. The lowest BCUT2D eigenvalue weighted by atomic mass is 10.1. The minimum atomic E-state index is -3.87. The van der Waals surface area contributed by atoms with Gasteiger partial charge in [0, 0.05) is 5.56 Å². The molecule has 0 aromatic heterocycles. The molecule has 3 N–H and O–H groups in total. The molecular formula is C19H21N3O5S. The molecule has 0 saturated carbocycles. The normalized spacial score (nSPS) is 11.5. The van der Waals surface area contributed by atoms with Gasteiger partial charge in [0.15, 0.2) is 0 Å². The molecule has 148 valence electrons. The van der Waals surface area contributed by atoms with Gasteiger partial charge in [-0.25, -0.2) is 23.4 Å². The molecule has 0 atom stereocenters. The monoisotopic (exact) mass is 403 g/mol. The van der Waals surface area contributed by atoms with Crippen molar-refractivity contribution in [3.05, 3.63) is 64.2 Å². The molecule has 9 heteroatoms. The number of hydrazone groups is 1. The lowest BCUT2D eigenvalue weighted by Gasteiger charge is -2.12. The first kappa shape index (κ1) is 21.3. The highest BCUT2D eigenvalue weighted by molar-refractivity contribution is 7.89. The van der Waals surface area contributed by atoms with Crippen LogP contribution in [0.25, 0.3) is 0 Å². The minimum Gasteiger partial charge on any atom is -0.478 e. The number of rotatable bonds is 7. The van der Waals surface area contributed by atoms with E-state index in [-0.39, 0.29) is 10.5 Å². The van der Waals surface area contributed by atoms with Gasteiger partial charge in [-0.15, -0.1) is 0 Å². The summed E-state index contributed by atoms with van der Waals surface area (Å²) in [5.74, 6) is -1.81. The van der Waals surface area contributed by atoms with Gasteiger partial charge in [0.1, 0.15) is 0 Å². The second-order valence-electron chi connectivity index (χ2n) is 6.24. The Balaban J connectivity index is 2.02. The predicted molar refractivity (Wildman–Crippen MR) is 105 cm³/mol. The average Bonchev–Trinajstić information content (AvgIpc) is 2.59. The molecule has 0 aliphatic rings. The van der Waals surface area contributed by atoms with E-state index >= 15 is 0 Å². The van der Waals surface area contributed by atoms with Crippen LogP contribution < -0.4 is 10.1 Å². The third-order valence-corrected chi connectivity index (χ3v) is 5.59. The van der Waals surface area contributed by atoms with Gasteiger partial charge in [-0.1, -0.05) is 35.9 Å². The predicted octanol–water partition coefficient (Wildman–Crippen LogP) is 1.74. The molecule has 0 bridgehead atoms. The van der Waals surface area contributed by atoms with Gasteiger partial charge in [-0.3, -0.25) is 4.79 Å². The molecule has 28 heavy (non-hydrogen) atoms. The van der Waals surface area contributed by atoms with E-state index in [1.54, 1.807) is 38.1 Å². The molecule has 2 rings (SSSR count). The van der Waals surface area contributed by atoms with E-state index in [0.29, 0.717) is 16.7 Å². The van der Waals surface area contributed by atoms with Crippen molar-refractivity contribution in [3.63, 3.8) is 0 Å². The van der Waals surface area contributed by atoms with Gasteiger partial charge >= 0.3 is 5.97 Å². The van der Waals surface area contributed by atoms with Crippen LogP contribution in [0.5, 0.6) is 0 Å². The van der Waals surface area contributed by atoms with Gasteiger partial charge in [-0.05, 0) is 38.0 Å². The largest absolute Gasteiger partial charge is 0.478 e. The van der Waals surface area contributed by atoms with Crippen molar-refractivity contribution in [2.45, 2.75) is 25.7 Å². The maximum Gasteiger partial charge on any atom is 0.336 e. The number of sulfonamides is 1. The molecule has 0 radical (unpaired) electrons. The van der Waals surface area contributed by atoms with E-state index in [2.05, 4.69) is 15.2 Å². The maximum atomic E-state index is 12.5. The molecule has 0 spiro atoms. The second-order valence-corrected chi connectivity index (χ2v) is 7.94. The van der Waals surface area contributed by atoms with Crippen molar-refractivity contribution in [3.8, 4) is 0 Å². The van der Waals surface area contributed by atoms with Crippen LogP contribution in [0.1, 0.15) is 32.6 Å². The Morgan fingerprint density at radius 3 is 2.32 bits per heavy atom. The van der Waals surface area contributed by atoms with Crippen LogP contribution >= 0.6 is 0 Å². The van der Waals surface area contributed by atoms with Crippen LogP contribution in [0.4, 0.5) is 0 Å². The Labute approximate surface area is 163 Å². The number of carbonyl (C=O) groups is 2. The second kappa shape index (κ2) is 8.77. The lowest BCUT2D eigenvalue weighted by Crippen LogP contribution is -2.35. The summed E-state index contributed by atoms with van der Waals surface area (Å²) in [6, 6.07) is 9.66. The number of benzene rings is 2. The molecule has 8 nitrogen and oxygen atoms in total. The zero-order valence-corrected chi connectivity index (χ0v) is 16.5. The average molecular weight is 403 g/mol. The van der Waals surface area contributed by atoms with Crippen molar-refractivity contribution >= 4 is 28.1 Å². The number of carboxylic acids is 1. The number of carbonyl (C=O) groups excluding carboxylic acids is 1. The summed E-state index contributed by atoms with van der Waals surface area (Å²) >= 11 is 0. The van der Waals surface area contributed by atoms with Crippen molar-refractivity contribution in [1.29, 1.82) is 0 Å². The molecule has 0 heterocycles. The molecule has 0 saturated heterocycles. The summed E-state index contributed by atoms with van der Waals surface area (Å²) in [6.45, 7) is 4.75. The minimum absolute atomic E-state index is 0.0338. The SMILES string of the molecule is Cc1cc(C)c(S(=O)(=O)NCC(=O)N/N=C\c2ccccc2C(=O)O)c(C)c1. The van der Waals surface area contributed by atoms with Crippen molar-refractivity contribution < 1.29 is 23.1 Å². The topological polar surface area (TPSA) is 125 Å². The summed E-state index contributed by atoms with van der Waals surface area (Å²) in [6.07, 6.45) is 1.18. The van der Waals surface area contributed by atoms with Gasteiger partial charge in [0.25, 0.3) is 5.91 Å². The maximum absolute atomic E-state index is 12.5. The molecule has 1 amide bonds. The molecule has 0 unspecified atom stereocenters. The Hall–Kier alpha value is -3.04. The first-order valence-corrected chi connectivity index (χ1v) is 9.82. The number of hydrogen-bond donors (Lipinski definition) is 3. The van der Waals surface area contributed by atoms with Gasteiger partial charge in [0.2, 0.25) is 10.0 Å². The molecule has 0 aliphatic heterocycles. The summed E-state index contributed by atoms with van der Waals surface area (Å²) in [7, 11) is -3.87. The van der Waals surface area contributed by atoms with E-state index in [4.69, 9.17) is 5.11 Å². The zero-order valence-electron chi connectivity index (χ0n) is 15.7. The highest BCUT2D eigenvalue weighted by atomic mass is 32.2. The Morgan fingerprint density at radius 2 is 1.71 bits per heavy atom. The van der Waals surface area contributed by atoms with Crippen LogP contribution in [0.2, 0.25) is 0 Å². The summed E-state index contributed by atoms with van der Waals surface area (Å²) in [5, 5.41) is 12.8. The number of amides is 1. The van der Waals surface area contributed by atoms with Crippen molar-refractivity contribution in [2.75, 3.05) is 6.54 Å². The third-order valence-electron chi connectivity index (χ3n) is 3.88. The number of hydrogen-bond acceptors (Lipinski definition) is 5. The fourth-order valence-electron chi connectivity index (χ4n) is 2.84. The molecule has 2 aromatic carbocycles. The number of aromatic carboxylic acids is 1. The highest BCUT2D eigenvalue weighted by Gasteiger charge is 2.20. The Bertz CT molecular complexity index is 1020. The number of nitrogens with zero attached hydrogens (tertiary/aromatic N) is 1. The van der Waals surface area contributed by atoms with Crippen LogP contribution in [0.15, 0.2) is 46.4 Å². The molecule has 2 aromatic rings. The number of nitrogens with one attached hydrogen (secondary N) is 2. The Morgan fingerprint density at radius 1 is 1.11 bits per heavy atom. The lowest BCUT2D eigenvalue weighted by molar-refractivity contribution is -0.119. The fraction of sp³-hybridized carbons (Fsp3) is 0.211. The fourth-order valence-corrected chi connectivity index (χ4v) is 4.27. The van der Waals surface area contributed by atoms with Gasteiger partial charge in [-0.2, -0.15) is 5.10 Å². The Kier molecular flexibility index (Phi) is 6.66. The first-order chi connectivity index (χ1) is 13.1. The highest BCUT2D eigenvalue weighted by Crippen LogP contribution is 2.21. The van der Waals surface area contributed by atoms with Crippen LogP contribution in [0, 0.1) is 20.8 Å². The quantitative estimate of drug-likeness (QED) is 0.480. The summed E-state index contributed by atoms with van der Waals surface area (Å²) in [5.41, 5.74) is 4.64. The van der Waals surface area contributed by atoms with E-state index in [1.165, 1.54) is 18.3 Å². The third kappa shape index (κ3) is 5.24. The molecule has 0 fully saturated rings. The van der Waals surface area contributed by atoms with E-state index in [1.807, 2.05) is 6.92 Å². The standard InChI is InChI=1S/C19H21N3O5S/c1-12-8-13(2)18(14(3)9-12)28(26,27)21-11-17(23)22-20-10-15-6-4-5-7-16(15)19(24)25/h4-10,21H,11H2,1-3H3,(H,22,23)(H,24,25)/b20-10-. The first-order valence-electron chi connectivity index (χ1n) is 8.33. The van der Waals surface area contributed by atoms with Crippen molar-refractivity contribution in [2.24, 2.45) is 5.10 Å². The van der Waals surface area contributed by atoms with E-state index < -0.39 is 28.4 Å². The van der Waals surface area contributed by atoms with Gasteiger partial charge in [0.05, 0.1) is 23.2 Å². The summed E-state index contributed by atoms with van der Waals surface area (Å²) in [4.78, 5) is 23.1. The molecular weight excluding hydrogens is 382 g/mol. The zero-order chi connectivity index (χ0) is 20.9. The van der Waals surface area contributed by atoms with Crippen LogP contribution in [-0.2, 0) is 14.8 Å². The number of aryl methyl sites for hydroxylation is 3. The smallest absolute Gasteiger partial charge is 0.336 e. The van der Waals surface area contributed by atoms with E-state index in [0.717, 1.165) is 5.56 Å².